The van der Waals surface area contributed by atoms with Gasteiger partial charge in [0.25, 0.3) is 5.91 Å². The van der Waals surface area contributed by atoms with Crippen molar-refractivity contribution in [3.63, 3.8) is 0 Å². The van der Waals surface area contributed by atoms with Gasteiger partial charge in [0.15, 0.2) is 5.43 Å². The highest BCUT2D eigenvalue weighted by Gasteiger charge is 2.43. The summed E-state index contributed by atoms with van der Waals surface area (Å²) in [6, 6.07) is 19.9. The van der Waals surface area contributed by atoms with Gasteiger partial charge in [-0.15, -0.1) is 0 Å². The normalized spacial score (nSPS) is 15.7. The molecule has 1 aromatic heterocycles. The van der Waals surface area contributed by atoms with Gasteiger partial charge in [-0.1, -0.05) is 48.0 Å². The molecule has 0 bridgehead atoms. The predicted octanol–water partition coefficient (Wildman–Crippen LogP) is 4.99. The zero-order valence-electron chi connectivity index (χ0n) is 15.6. The van der Waals surface area contributed by atoms with Gasteiger partial charge in [-0.25, -0.2) is 4.39 Å². The number of aryl methyl sites for hydroxylation is 1. The molecule has 4 nitrogen and oxygen atoms in total. The molecule has 0 N–H and O–H groups in total. The summed E-state index contributed by atoms with van der Waals surface area (Å²) in [5, 5.41) is 0.128. The lowest BCUT2D eigenvalue weighted by Crippen LogP contribution is -2.29. The molecule has 0 fully saturated rings. The number of amides is 1. The number of benzene rings is 3. The van der Waals surface area contributed by atoms with E-state index in [1.54, 1.807) is 4.90 Å². The molecule has 142 valence electrons. The minimum Gasteiger partial charge on any atom is -0.450 e. The quantitative estimate of drug-likeness (QED) is 0.488. The van der Waals surface area contributed by atoms with Crippen molar-refractivity contribution in [1.82, 2.24) is 0 Å². The van der Waals surface area contributed by atoms with Crippen LogP contribution in [0.5, 0.6) is 0 Å². The van der Waals surface area contributed by atoms with Gasteiger partial charge in [0.05, 0.1) is 17.0 Å². The molecule has 2 heterocycles. The Morgan fingerprint density at radius 1 is 0.931 bits per heavy atom. The van der Waals surface area contributed by atoms with E-state index in [9.17, 15) is 14.0 Å². The highest BCUT2D eigenvalue weighted by molar-refractivity contribution is 6.10. The molecule has 1 amide bonds. The maximum absolute atomic E-state index is 13.8. The maximum atomic E-state index is 13.8. The minimum absolute atomic E-state index is 0.00327. The van der Waals surface area contributed by atoms with Gasteiger partial charge in [-0.3, -0.25) is 14.5 Å². The lowest BCUT2D eigenvalue weighted by molar-refractivity contribution is 0.0971. The van der Waals surface area contributed by atoms with Crippen molar-refractivity contribution in [3.8, 4) is 0 Å². The minimum atomic E-state index is -0.649. The average Bonchev–Trinajstić information content (AvgIpc) is 3.03. The SMILES string of the molecule is Cc1ccc(C2c3c(oc4ccc(F)cc4c3=O)C(=O)N2c2ccccc2)cc1. The van der Waals surface area contributed by atoms with Crippen molar-refractivity contribution >= 4 is 22.6 Å². The van der Waals surface area contributed by atoms with Gasteiger partial charge >= 0.3 is 0 Å². The number of carbonyl (C=O) groups excluding carboxylic acids is 1. The van der Waals surface area contributed by atoms with Crippen LogP contribution in [0.2, 0.25) is 0 Å². The number of carbonyl (C=O) groups is 1. The molecule has 4 aromatic rings. The van der Waals surface area contributed by atoms with Gasteiger partial charge in [0.2, 0.25) is 5.76 Å². The molecule has 5 rings (SSSR count). The van der Waals surface area contributed by atoms with Gasteiger partial charge in [0.1, 0.15) is 11.4 Å². The van der Waals surface area contributed by atoms with E-state index in [2.05, 4.69) is 0 Å². The fourth-order valence-electron chi connectivity index (χ4n) is 3.86. The number of anilines is 1. The van der Waals surface area contributed by atoms with E-state index in [1.807, 2.05) is 61.5 Å². The standard InChI is InChI=1S/C24H16FNO3/c1-14-7-9-15(10-8-14)21-20-22(27)18-13-16(25)11-12-19(18)29-23(20)24(28)26(21)17-5-3-2-4-6-17/h2-13,21H,1H3. The van der Waals surface area contributed by atoms with E-state index in [1.165, 1.54) is 12.1 Å². The van der Waals surface area contributed by atoms with Gasteiger partial charge in [-0.05, 0) is 42.8 Å². The van der Waals surface area contributed by atoms with Crippen LogP contribution < -0.4 is 10.3 Å². The van der Waals surface area contributed by atoms with Crippen molar-refractivity contribution < 1.29 is 13.6 Å². The first kappa shape index (κ1) is 17.4. The summed E-state index contributed by atoms with van der Waals surface area (Å²) in [5.41, 5.74) is 2.55. The van der Waals surface area contributed by atoms with E-state index < -0.39 is 17.3 Å². The van der Waals surface area contributed by atoms with Crippen LogP contribution in [-0.4, -0.2) is 5.91 Å². The van der Waals surface area contributed by atoms with Crippen LogP contribution in [0.4, 0.5) is 10.1 Å². The number of rotatable bonds is 2. The summed E-state index contributed by atoms with van der Waals surface area (Å²) < 4.78 is 19.6. The Balaban J connectivity index is 1.83. The fraction of sp³-hybridized carbons (Fsp3) is 0.0833. The first-order chi connectivity index (χ1) is 14.0. The van der Waals surface area contributed by atoms with E-state index >= 15 is 0 Å². The highest BCUT2D eigenvalue weighted by Crippen LogP contribution is 2.41. The molecule has 0 aliphatic carbocycles. The Morgan fingerprint density at radius 3 is 2.38 bits per heavy atom. The Labute approximate surface area is 165 Å². The van der Waals surface area contributed by atoms with Crippen LogP contribution >= 0.6 is 0 Å². The number of fused-ring (bicyclic) bond motifs is 2. The molecular formula is C24H16FNO3. The molecular weight excluding hydrogens is 369 g/mol. The van der Waals surface area contributed by atoms with Crippen molar-refractivity contribution in [2.24, 2.45) is 0 Å². The lowest BCUT2D eigenvalue weighted by Gasteiger charge is -2.25. The van der Waals surface area contributed by atoms with Gasteiger partial charge < -0.3 is 4.42 Å². The molecule has 1 atom stereocenters. The fourth-order valence-corrected chi connectivity index (χ4v) is 3.86. The topological polar surface area (TPSA) is 50.5 Å². The third-order valence-electron chi connectivity index (χ3n) is 5.26. The second-order valence-corrected chi connectivity index (χ2v) is 7.14. The Bertz CT molecular complexity index is 1310. The Kier molecular flexibility index (Phi) is 3.84. The highest BCUT2D eigenvalue weighted by atomic mass is 19.1. The molecule has 3 aromatic carbocycles. The summed E-state index contributed by atoms with van der Waals surface area (Å²) in [5.74, 6) is -0.912. The maximum Gasteiger partial charge on any atom is 0.295 e. The molecule has 0 saturated carbocycles. The largest absolute Gasteiger partial charge is 0.450 e. The molecule has 0 saturated heterocycles. The smallest absolute Gasteiger partial charge is 0.295 e. The Hall–Kier alpha value is -3.73. The summed E-state index contributed by atoms with van der Waals surface area (Å²) in [4.78, 5) is 28.2. The second kappa shape index (κ2) is 6.41. The molecule has 0 spiro atoms. The van der Waals surface area contributed by atoms with E-state index in [4.69, 9.17) is 4.42 Å². The first-order valence-electron chi connectivity index (χ1n) is 9.26. The molecule has 1 aliphatic heterocycles. The monoisotopic (exact) mass is 385 g/mol. The summed E-state index contributed by atoms with van der Waals surface area (Å²) in [7, 11) is 0. The summed E-state index contributed by atoms with van der Waals surface area (Å²) in [6.45, 7) is 1.97. The van der Waals surface area contributed by atoms with Crippen molar-refractivity contribution in [1.29, 1.82) is 0 Å². The third-order valence-corrected chi connectivity index (χ3v) is 5.26. The lowest BCUT2D eigenvalue weighted by atomic mass is 9.97. The van der Waals surface area contributed by atoms with E-state index in [0.717, 1.165) is 17.2 Å². The molecule has 0 radical (unpaired) electrons. The number of para-hydroxylation sites is 1. The van der Waals surface area contributed by atoms with Crippen LogP contribution in [0.25, 0.3) is 11.0 Å². The molecule has 29 heavy (non-hydrogen) atoms. The predicted molar refractivity (Wildman–Crippen MR) is 109 cm³/mol. The van der Waals surface area contributed by atoms with Gasteiger partial charge in [0, 0.05) is 5.69 Å². The summed E-state index contributed by atoms with van der Waals surface area (Å²) >= 11 is 0. The number of halogens is 1. The zero-order valence-corrected chi connectivity index (χ0v) is 15.6. The first-order valence-corrected chi connectivity index (χ1v) is 9.26. The third kappa shape index (κ3) is 2.66. The Morgan fingerprint density at radius 2 is 1.66 bits per heavy atom. The van der Waals surface area contributed by atoms with Crippen molar-refractivity contribution in [2.75, 3.05) is 4.90 Å². The number of hydrogen-bond donors (Lipinski definition) is 0. The molecule has 1 unspecified atom stereocenters. The van der Waals surface area contributed by atoms with E-state index in [-0.39, 0.29) is 28.2 Å². The zero-order chi connectivity index (χ0) is 20.1. The van der Waals surface area contributed by atoms with Crippen LogP contribution in [0.3, 0.4) is 0 Å². The van der Waals surface area contributed by atoms with Crippen molar-refractivity contribution in [3.05, 3.63) is 111 Å². The number of nitrogens with zero attached hydrogens (tertiary/aromatic N) is 1. The number of hydrogen-bond acceptors (Lipinski definition) is 3. The molecule has 1 aliphatic rings. The summed E-state index contributed by atoms with van der Waals surface area (Å²) in [6.07, 6.45) is 0. The van der Waals surface area contributed by atoms with Crippen LogP contribution in [0.1, 0.15) is 33.3 Å². The van der Waals surface area contributed by atoms with Gasteiger partial charge in [-0.2, -0.15) is 0 Å². The van der Waals surface area contributed by atoms with Crippen LogP contribution in [0, 0.1) is 12.7 Å². The van der Waals surface area contributed by atoms with Crippen LogP contribution in [0.15, 0.2) is 82.0 Å². The van der Waals surface area contributed by atoms with E-state index in [0.29, 0.717) is 5.69 Å². The second-order valence-electron chi connectivity index (χ2n) is 7.14. The average molecular weight is 385 g/mol. The van der Waals surface area contributed by atoms with Crippen LogP contribution in [-0.2, 0) is 0 Å². The molecule has 5 heteroatoms. The van der Waals surface area contributed by atoms with Crippen molar-refractivity contribution in [2.45, 2.75) is 13.0 Å².